The van der Waals surface area contributed by atoms with Gasteiger partial charge in [0.05, 0.1) is 12.0 Å². The first kappa shape index (κ1) is 19.9. The Morgan fingerprint density at radius 3 is 2.80 bits per heavy atom. The maximum Gasteiger partial charge on any atom is 0.307 e. The van der Waals surface area contributed by atoms with E-state index in [4.69, 9.17) is 15.4 Å². The zero-order valence-electron chi connectivity index (χ0n) is 16.4. The topological polar surface area (TPSA) is 127 Å². The predicted molar refractivity (Wildman–Crippen MR) is 108 cm³/mol. The first-order valence-electron chi connectivity index (χ1n) is 9.70. The highest BCUT2D eigenvalue weighted by Gasteiger charge is 2.42. The number of carbonyl (C=O) groups is 1. The van der Waals surface area contributed by atoms with E-state index in [1.165, 1.54) is 0 Å². The Morgan fingerprint density at radius 2 is 2.17 bits per heavy atom. The summed E-state index contributed by atoms with van der Waals surface area (Å²) in [6.45, 7) is 1.92. The summed E-state index contributed by atoms with van der Waals surface area (Å²) in [5, 5.41) is 23.0. The van der Waals surface area contributed by atoms with Crippen molar-refractivity contribution < 1.29 is 19.5 Å². The first-order chi connectivity index (χ1) is 14.5. The van der Waals surface area contributed by atoms with Gasteiger partial charge in [-0.15, -0.1) is 0 Å². The van der Waals surface area contributed by atoms with Crippen molar-refractivity contribution in [1.29, 1.82) is 0 Å². The summed E-state index contributed by atoms with van der Waals surface area (Å²) in [6, 6.07) is 9.01. The van der Waals surface area contributed by atoms with Gasteiger partial charge in [0.15, 0.2) is 5.76 Å². The number of carboxylic acids is 1. The lowest BCUT2D eigenvalue weighted by atomic mass is 10.1. The molecule has 8 heteroatoms. The number of nitrogens with two attached hydrogens (primary N) is 1. The van der Waals surface area contributed by atoms with E-state index in [1.54, 1.807) is 23.9 Å². The molecular weight excluding hydrogens is 384 g/mol. The van der Waals surface area contributed by atoms with Crippen LogP contribution in [0.1, 0.15) is 42.6 Å². The minimum Gasteiger partial charge on any atom is -0.481 e. The summed E-state index contributed by atoms with van der Waals surface area (Å²) in [5.41, 5.74) is 8.26. The summed E-state index contributed by atoms with van der Waals surface area (Å²) >= 11 is 0. The van der Waals surface area contributed by atoms with Crippen molar-refractivity contribution >= 4 is 5.97 Å². The number of hydrogen-bond acceptors (Lipinski definition) is 6. The van der Waals surface area contributed by atoms with Crippen molar-refractivity contribution in [2.45, 2.75) is 25.5 Å². The Morgan fingerprint density at radius 1 is 1.40 bits per heavy atom. The Kier molecular flexibility index (Phi) is 5.40. The Bertz CT molecular complexity index is 1100. The zero-order chi connectivity index (χ0) is 21.3. The fourth-order valence-corrected chi connectivity index (χ4v) is 3.39. The maximum atomic E-state index is 10.9. The van der Waals surface area contributed by atoms with Crippen LogP contribution >= 0.6 is 0 Å². The minimum atomic E-state index is -0.780. The molecule has 0 spiro atoms. The number of benzene rings is 1. The summed E-state index contributed by atoms with van der Waals surface area (Å²) in [4.78, 5) is 15.1. The molecule has 0 bridgehead atoms. The number of aromatic nitrogens is 3. The van der Waals surface area contributed by atoms with Gasteiger partial charge in [0, 0.05) is 42.0 Å². The maximum absolute atomic E-state index is 10.9. The van der Waals surface area contributed by atoms with Gasteiger partial charge in [-0.05, 0) is 37.6 Å². The number of imidazole rings is 1. The second kappa shape index (κ2) is 8.14. The van der Waals surface area contributed by atoms with Gasteiger partial charge in [0.2, 0.25) is 0 Å². The summed E-state index contributed by atoms with van der Waals surface area (Å²) < 4.78 is 7.32. The molecule has 4 rings (SSSR count). The third kappa shape index (κ3) is 3.99. The fraction of sp³-hybridized carbons (Fsp3) is 0.318. The van der Waals surface area contributed by atoms with Crippen molar-refractivity contribution in [2.75, 3.05) is 6.54 Å². The molecule has 1 aliphatic rings. The van der Waals surface area contributed by atoms with Crippen molar-refractivity contribution in [3.63, 3.8) is 0 Å². The number of nitrogens with zero attached hydrogens (tertiary/aromatic N) is 3. The van der Waals surface area contributed by atoms with E-state index in [2.05, 4.69) is 22.0 Å². The Balaban J connectivity index is 1.50. The van der Waals surface area contributed by atoms with Gasteiger partial charge < -0.3 is 25.0 Å². The van der Waals surface area contributed by atoms with Gasteiger partial charge >= 0.3 is 5.97 Å². The van der Waals surface area contributed by atoms with Crippen LogP contribution in [0.25, 0.3) is 11.3 Å². The molecule has 1 fully saturated rings. The standard InChI is InChI=1S/C22H22N4O4/c1-13(27)21-24-8-9-26(21)19(12-23)18-11-20(30-25-18)15-5-2-14(3-6-15)4-7-16-10-17(16)22(28)29/h2-3,5-6,8-9,11,13,16-17,19,27H,10,12,23H2,1H3,(H,28,29)/t13-,16+,17+,19+/m0/s1. The Labute approximate surface area is 173 Å². The molecule has 4 N–H and O–H groups in total. The highest BCUT2D eigenvalue weighted by Crippen LogP contribution is 2.37. The molecule has 0 aliphatic heterocycles. The van der Waals surface area contributed by atoms with Crippen LogP contribution in [-0.4, -0.2) is 37.4 Å². The van der Waals surface area contributed by atoms with E-state index in [0.717, 1.165) is 11.1 Å². The van der Waals surface area contributed by atoms with E-state index in [0.29, 0.717) is 23.7 Å². The molecule has 0 amide bonds. The molecule has 2 heterocycles. The molecule has 154 valence electrons. The quantitative estimate of drug-likeness (QED) is 0.536. The van der Waals surface area contributed by atoms with Gasteiger partial charge in [0.25, 0.3) is 0 Å². The molecule has 4 atom stereocenters. The number of aliphatic hydroxyl groups is 1. The van der Waals surface area contributed by atoms with Crippen LogP contribution in [0, 0.1) is 23.7 Å². The smallest absolute Gasteiger partial charge is 0.307 e. The van der Waals surface area contributed by atoms with E-state index in [-0.39, 0.29) is 24.4 Å². The minimum absolute atomic E-state index is 0.0538. The van der Waals surface area contributed by atoms with Crippen molar-refractivity contribution in [2.24, 2.45) is 17.6 Å². The van der Waals surface area contributed by atoms with Gasteiger partial charge in [0.1, 0.15) is 17.6 Å². The van der Waals surface area contributed by atoms with Gasteiger partial charge in [-0.3, -0.25) is 4.79 Å². The normalized spacial score (nSPS) is 19.6. The van der Waals surface area contributed by atoms with E-state index >= 15 is 0 Å². The van der Waals surface area contributed by atoms with Crippen LogP contribution in [0.15, 0.2) is 47.2 Å². The third-order valence-corrected chi connectivity index (χ3v) is 5.18. The molecule has 1 aliphatic carbocycles. The van der Waals surface area contributed by atoms with Crippen LogP contribution in [0.5, 0.6) is 0 Å². The number of aliphatic carboxylic acids is 1. The number of hydrogen-bond donors (Lipinski definition) is 3. The molecular formula is C22H22N4O4. The summed E-state index contributed by atoms with van der Waals surface area (Å²) in [6.07, 6.45) is 3.27. The lowest BCUT2D eigenvalue weighted by molar-refractivity contribution is -0.138. The average Bonchev–Trinajstić information content (AvgIpc) is 3.11. The predicted octanol–water partition coefficient (Wildman–Crippen LogP) is 2.21. The summed E-state index contributed by atoms with van der Waals surface area (Å²) in [7, 11) is 0. The monoisotopic (exact) mass is 406 g/mol. The molecule has 30 heavy (non-hydrogen) atoms. The van der Waals surface area contributed by atoms with Crippen LogP contribution in [0.2, 0.25) is 0 Å². The molecule has 0 unspecified atom stereocenters. The molecule has 1 saturated carbocycles. The Hall–Kier alpha value is -3.41. The van der Waals surface area contributed by atoms with Crippen LogP contribution in [0.4, 0.5) is 0 Å². The number of carboxylic acid groups (broad SMARTS) is 1. The van der Waals surface area contributed by atoms with Crippen LogP contribution < -0.4 is 5.73 Å². The van der Waals surface area contributed by atoms with Gasteiger partial charge in [-0.2, -0.15) is 0 Å². The first-order valence-corrected chi connectivity index (χ1v) is 9.70. The van der Waals surface area contributed by atoms with Crippen LogP contribution in [0.3, 0.4) is 0 Å². The molecule has 1 aromatic carbocycles. The summed E-state index contributed by atoms with van der Waals surface area (Å²) in [5.74, 6) is 5.98. The van der Waals surface area contributed by atoms with E-state index < -0.39 is 12.1 Å². The van der Waals surface area contributed by atoms with E-state index in [1.807, 2.05) is 30.3 Å². The number of aliphatic hydroxyl groups excluding tert-OH is 1. The van der Waals surface area contributed by atoms with Crippen molar-refractivity contribution in [3.05, 3.63) is 59.8 Å². The third-order valence-electron chi connectivity index (χ3n) is 5.18. The molecule has 0 radical (unpaired) electrons. The van der Waals surface area contributed by atoms with Gasteiger partial charge in [-0.25, -0.2) is 4.98 Å². The van der Waals surface area contributed by atoms with Gasteiger partial charge in [-0.1, -0.05) is 17.0 Å². The van der Waals surface area contributed by atoms with Crippen molar-refractivity contribution in [3.8, 4) is 23.2 Å². The molecule has 3 aromatic rings. The largest absolute Gasteiger partial charge is 0.481 e. The number of rotatable bonds is 6. The average molecular weight is 406 g/mol. The zero-order valence-corrected chi connectivity index (χ0v) is 16.4. The van der Waals surface area contributed by atoms with Crippen LogP contribution in [-0.2, 0) is 4.79 Å². The second-order valence-corrected chi connectivity index (χ2v) is 7.37. The molecule has 8 nitrogen and oxygen atoms in total. The molecule has 0 saturated heterocycles. The van der Waals surface area contributed by atoms with Crippen molar-refractivity contribution in [1.82, 2.24) is 14.7 Å². The SMILES string of the molecule is C[C@H](O)c1nccn1[C@H](CN)c1cc(-c2ccc(C#C[C@@H]3C[C@H]3C(=O)O)cc2)on1. The fourth-order valence-electron chi connectivity index (χ4n) is 3.39. The lowest BCUT2D eigenvalue weighted by Crippen LogP contribution is -2.22. The highest BCUT2D eigenvalue weighted by molar-refractivity contribution is 5.74. The lowest BCUT2D eigenvalue weighted by Gasteiger charge is -2.17. The highest BCUT2D eigenvalue weighted by atomic mass is 16.5. The van der Waals surface area contributed by atoms with E-state index in [9.17, 15) is 9.90 Å². The molecule has 2 aromatic heterocycles. The second-order valence-electron chi connectivity index (χ2n) is 7.37.